The highest BCUT2D eigenvalue weighted by Gasteiger charge is 2.11. The van der Waals surface area contributed by atoms with Crippen LogP contribution in [0, 0.1) is 0 Å². The first-order valence-corrected chi connectivity index (χ1v) is 7.60. The molecule has 0 unspecified atom stereocenters. The van der Waals surface area contributed by atoms with Gasteiger partial charge in [0.15, 0.2) is 5.82 Å². The van der Waals surface area contributed by atoms with Gasteiger partial charge in [0.05, 0.1) is 23.8 Å². The first kappa shape index (κ1) is 16.1. The van der Waals surface area contributed by atoms with Gasteiger partial charge in [-0.25, -0.2) is 0 Å². The summed E-state index contributed by atoms with van der Waals surface area (Å²) in [6.07, 6.45) is 5.72. The van der Waals surface area contributed by atoms with Gasteiger partial charge >= 0.3 is 0 Å². The third-order valence-electron chi connectivity index (χ3n) is 3.71. The Labute approximate surface area is 138 Å². The molecule has 9 nitrogen and oxygen atoms in total. The predicted molar refractivity (Wildman–Crippen MR) is 86.2 cm³/mol. The Morgan fingerprint density at radius 1 is 1.38 bits per heavy atom. The zero-order valence-corrected chi connectivity index (χ0v) is 13.6. The molecule has 0 spiro atoms. The number of nitrogens with one attached hydrogen (secondary N) is 1. The van der Waals surface area contributed by atoms with Crippen molar-refractivity contribution in [2.24, 2.45) is 7.05 Å². The van der Waals surface area contributed by atoms with Crippen molar-refractivity contribution in [3.05, 3.63) is 36.2 Å². The van der Waals surface area contributed by atoms with E-state index in [0.717, 1.165) is 24.0 Å². The minimum absolute atomic E-state index is 0.211. The smallest absolute Gasteiger partial charge is 0.253 e. The summed E-state index contributed by atoms with van der Waals surface area (Å²) < 4.78 is 8.63. The number of hydrogen-bond donors (Lipinski definition) is 1. The van der Waals surface area contributed by atoms with Gasteiger partial charge in [0.25, 0.3) is 5.91 Å². The third-order valence-corrected chi connectivity index (χ3v) is 3.71. The molecule has 1 amide bonds. The molecule has 3 aromatic rings. The van der Waals surface area contributed by atoms with Crippen LogP contribution in [-0.2, 0) is 24.9 Å². The van der Waals surface area contributed by atoms with Crippen molar-refractivity contribution in [3.63, 3.8) is 0 Å². The number of carbonyl (C=O) groups excluding carboxylic acids is 1. The van der Waals surface area contributed by atoms with E-state index in [1.807, 2.05) is 11.6 Å². The second kappa shape index (κ2) is 7.18. The molecule has 0 saturated heterocycles. The lowest BCUT2D eigenvalue weighted by Gasteiger charge is -2.08. The van der Waals surface area contributed by atoms with Crippen molar-refractivity contribution in [3.8, 4) is 0 Å². The number of ether oxygens (including phenoxy) is 1. The highest BCUT2D eigenvalue weighted by atomic mass is 16.5. The molecular formula is C15H19N7O2. The van der Waals surface area contributed by atoms with Crippen molar-refractivity contribution in [2.75, 3.05) is 13.7 Å². The largest absolute Gasteiger partial charge is 0.385 e. The number of rotatable bonds is 7. The summed E-state index contributed by atoms with van der Waals surface area (Å²) in [5, 5.41) is 14.9. The van der Waals surface area contributed by atoms with Gasteiger partial charge in [0.2, 0.25) is 0 Å². The zero-order valence-electron chi connectivity index (χ0n) is 13.6. The molecule has 0 saturated carbocycles. The number of amides is 1. The van der Waals surface area contributed by atoms with E-state index in [0.29, 0.717) is 24.5 Å². The average Bonchev–Trinajstić information content (AvgIpc) is 3.19. The van der Waals surface area contributed by atoms with Crippen LogP contribution in [0.25, 0.3) is 11.0 Å². The molecule has 3 heterocycles. The van der Waals surface area contributed by atoms with Gasteiger partial charge in [-0.05, 0) is 12.5 Å². The molecule has 0 bridgehead atoms. The van der Waals surface area contributed by atoms with E-state index in [1.54, 1.807) is 36.6 Å². The molecule has 126 valence electrons. The van der Waals surface area contributed by atoms with Crippen LogP contribution in [0.4, 0.5) is 0 Å². The van der Waals surface area contributed by atoms with Crippen molar-refractivity contribution in [1.29, 1.82) is 0 Å². The molecule has 0 aliphatic rings. The van der Waals surface area contributed by atoms with Crippen molar-refractivity contribution in [1.82, 2.24) is 34.8 Å². The highest BCUT2D eigenvalue weighted by molar-refractivity contribution is 5.96. The van der Waals surface area contributed by atoms with Crippen LogP contribution in [0.15, 0.2) is 24.8 Å². The van der Waals surface area contributed by atoms with Gasteiger partial charge in [-0.3, -0.25) is 14.5 Å². The number of pyridine rings is 1. The lowest BCUT2D eigenvalue weighted by molar-refractivity contribution is 0.0949. The van der Waals surface area contributed by atoms with Crippen LogP contribution < -0.4 is 5.32 Å². The van der Waals surface area contributed by atoms with Gasteiger partial charge in [0.1, 0.15) is 11.8 Å². The molecular weight excluding hydrogens is 310 g/mol. The van der Waals surface area contributed by atoms with Gasteiger partial charge in [-0.2, -0.15) is 5.10 Å². The van der Waals surface area contributed by atoms with Gasteiger partial charge in [0, 0.05) is 33.5 Å². The fraction of sp³-hybridized carbons (Fsp3) is 0.400. The molecule has 9 heteroatoms. The first-order chi connectivity index (χ1) is 11.7. The number of methoxy groups -OCH3 is 1. The highest BCUT2D eigenvalue weighted by Crippen LogP contribution is 2.11. The van der Waals surface area contributed by atoms with Crippen LogP contribution >= 0.6 is 0 Å². The Kier molecular flexibility index (Phi) is 4.80. The first-order valence-electron chi connectivity index (χ1n) is 7.60. The van der Waals surface area contributed by atoms with Crippen LogP contribution in [0.3, 0.4) is 0 Å². The monoisotopic (exact) mass is 329 g/mol. The Balaban J connectivity index is 1.64. The Hall–Kier alpha value is -2.81. The summed E-state index contributed by atoms with van der Waals surface area (Å²) in [6.45, 7) is 1.71. The molecule has 0 atom stereocenters. The second-order valence-electron chi connectivity index (χ2n) is 5.37. The van der Waals surface area contributed by atoms with Crippen LogP contribution in [0.2, 0.25) is 0 Å². The van der Waals surface area contributed by atoms with Gasteiger partial charge in [-0.1, -0.05) is 0 Å². The minimum atomic E-state index is -0.211. The van der Waals surface area contributed by atoms with E-state index in [2.05, 4.69) is 25.6 Å². The summed E-state index contributed by atoms with van der Waals surface area (Å²) in [7, 11) is 3.48. The maximum absolute atomic E-state index is 12.3. The quantitative estimate of drug-likeness (QED) is 0.635. The summed E-state index contributed by atoms with van der Waals surface area (Å²) in [4.78, 5) is 16.6. The van der Waals surface area contributed by atoms with E-state index in [-0.39, 0.29) is 5.91 Å². The molecule has 0 aromatic carbocycles. The number of aromatic nitrogens is 6. The number of nitrogens with zero attached hydrogens (tertiary/aromatic N) is 6. The number of aryl methyl sites for hydroxylation is 2. The fourth-order valence-corrected chi connectivity index (χ4v) is 2.39. The normalized spacial score (nSPS) is 11.1. The Morgan fingerprint density at radius 3 is 3.08 bits per heavy atom. The predicted octanol–water partition coefficient (Wildman–Crippen LogP) is 0.526. The van der Waals surface area contributed by atoms with Gasteiger partial charge in [-0.15, -0.1) is 10.2 Å². The SMILES string of the molecule is COCCCn1cnnc1CNC(=O)c1cnc2cnn(C)c2c1. The molecule has 0 radical (unpaired) electrons. The molecule has 3 rings (SSSR count). The fourth-order valence-electron chi connectivity index (χ4n) is 2.39. The third kappa shape index (κ3) is 3.40. The van der Waals surface area contributed by atoms with E-state index in [4.69, 9.17) is 4.74 Å². The zero-order chi connectivity index (χ0) is 16.9. The lowest BCUT2D eigenvalue weighted by atomic mass is 10.2. The molecule has 0 aliphatic carbocycles. The summed E-state index contributed by atoms with van der Waals surface area (Å²) in [5.74, 6) is 0.492. The maximum Gasteiger partial charge on any atom is 0.253 e. The topological polar surface area (TPSA) is 99.8 Å². The lowest BCUT2D eigenvalue weighted by Crippen LogP contribution is -2.25. The molecule has 24 heavy (non-hydrogen) atoms. The van der Waals surface area contributed by atoms with Crippen LogP contribution in [-0.4, -0.2) is 49.2 Å². The average molecular weight is 329 g/mol. The van der Waals surface area contributed by atoms with Crippen LogP contribution in [0.5, 0.6) is 0 Å². The van der Waals surface area contributed by atoms with Crippen LogP contribution in [0.1, 0.15) is 22.6 Å². The van der Waals surface area contributed by atoms with E-state index >= 15 is 0 Å². The summed E-state index contributed by atoms with van der Waals surface area (Å²) in [6, 6.07) is 1.77. The molecule has 0 aliphatic heterocycles. The Bertz CT molecular complexity index is 839. The minimum Gasteiger partial charge on any atom is -0.385 e. The second-order valence-corrected chi connectivity index (χ2v) is 5.37. The van der Waals surface area contributed by atoms with Crippen molar-refractivity contribution < 1.29 is 9.53 Å². The van der Waals surface area contributed by atoms with E-state index < -0.39 is 0 Å². The number of hydrogen-bond acceptors (Lipinski definition) is 6. The number of carbonyl (C=O) groups is 1. The summed E-state index contributed by atoms with van der Waals surface area (Å²) in [5.41, 5.74) is 2.05. The van der Waals surface area contributed by atoms with E-state index in [9.17, 15) is 4.79 Å². The molecule has 1 N–H and O–H groups in total. The van der Waals surface area contributed by atoms with E-state index in [1.165, 1.54) is 0 Å². The van der Waals surface area contributed by atoms with Gasteiger partial charge < -0.3 is 14.6 Å². The Morgan fingerprint density at radius 2 is 2.25 bits per heavy atom. The maximum atomic E-state index is 12.3. The van der Waals surface area contributed by atoms with Crippen molar-refractivity contribution >= 4 is 16.9 Å². The molecule has 0 fully saturated rings. The van der Waals surface area contributed by atoms with Crippen molar-refractivity contribution in [2.45, 2.75) is 19.5 Å². The molecule has 3 aromatic heterocycles. The number of fused-ring (bicyclic) bond motifs is 1. The summed E-state index contributed by atoms with van der Waals surface area (Å²) >= 11 is 0. The standard InChI is InChI=1S/C15H19N7O2/c1-21-13-6-11(7-16-12(13)8-19-21)15(23)17-9-14-20-18-10-22(14)4-3-5-24-2/h6-8,10H,3-5,9H2,1-2H3,(H,17,23).